The zero-order valence-electron chi connectivity index (χ0n) is 15.5. The van der Waals surface area contributed by atoms with Gasteiger partial charge in [0.15, 0.2) is 0 Å². The summed E-state index contributed by atoms with van der Waals surface area (Å²) in [5.41, 5.74) is 3.43. The highest BCUT2D eigenvalue weighted by Crippen LogP contribution is 2.38. The van der Waals surface area contributed by atoms with Crippen molar-refractivity contribution in [3.05, 3.63) is 59.9 Å². The van der Waals surface area contributed by atoms with E-state index < -0.39 is 0 Å². The molecular weight excluding hydrogens is 453 g/mol. The molecule has 0 bridgehead atoms. The molecule has 142 valence electrons. The Labute approximate surface area is 174 Å². The summed E-state index contributed by atoms with van der Waals surface area (Å²) in [7, 11) is 2.07. The number of pyridine rings is 1. The van der Waals surface area contributed by atoms with Gasteiger partial charge in [-0.1, -0.05) is 53.0 Å². The van der Waals surface area contributed by atoms with E-state index in [1.54, 1.807) is 6.20 Å². The first-order valence-corrected chi connectivity index (χ1v) is 10.7. The maximum Gasteiger partial charge on any atom is 0.255 e. The number of amides is 1. The van der Waals surface area contributed by atoms with Gasteiger partial charge < -0.3 is 15.0 Å². The van der Waals surface area contributed by atoms with Crippen LogP contribution in [-0.2, 0) is 11.2 Å². The molecule has 0 unspecified atom stereocenters. The van der Waals surface area contributed by atoms with Crippen molar-refractivity contribution in [3.8, 4) is 5.88 Å². The van der Waals surface area contributed by atoms with Crippen molar-refractivity contribution in [1.82, 2.24) is 4.98 Å². The lowest BCUT2D eigenvalue weighted by Gasteiger charge is -2.24. The molecule has 0 radical (unpaired) electrons. The smallest absolute Gasteiger partial charge is 0.255 e. The van der Waals surface area contributed by atoms with E-state index in [1.807, 2.05) is 42.5 Å². The number of fused-ring (bicyclic) bond motifs is 1. The van der Waals surface area contributed by atoms with Crippen LogP contribution in [0.1, 0.15) is 18.4 Å². The molecule has 0 fully saturated rings. The maximum atomic E-state index is 12.8. The van der Waals surface area contributed by atoms with Gasteiger partial charge >= 0.3 is 0 Å². The molecule has 0 saturated heterocycles. The summed E-state index contributed by atoms with van der Waals surface area (Å²) in [5, 5.41) is 3.05. The van der Waals surface area contributed by atoms with E-state index in [-0.39, 0.29) is 5.91 Å². The molecule has 1 N–H and O–H groups in total. The molecular formula is C21H24IN3O2. The first-order valence-electron chi connectivity index (χ1n) is 9.15. The molecule has 2 aliphatic rings. The lowest BCUT2D eigenvalue weighted by atomic mass is 10.1. The number of carbonyl (C=O) groups excluding carboxylic acids is 1. The molecule has 1 aliphatic carbocycles. The summed E-state index contributed by atoms with van der Waals surface area (Å²) in [4.78, 5) is 19.4. The van der Waals surface area contributed by atoms with E-state index in [4.69, 9.17) is 4.74 Å². The molecule has 1 aromatic heterocycles. The molecule has 5 nitrogen and oxygen atoms in total. The second kappa shape index (κ2) is 9.73. The van der Waals surface area contributed by atoms with Crippen molar-refractivity contribution in [3.63, 3.8) is 0 Å². The van der Waals surface area contributed by atoms with E-state index in [2.05, 4.69) is 44.8 Å². The van der Waals surface area contributed by atoms with Gasteiger partial charge in [0.05, 0.1) is 24.2 Å². The second-order valence-electron chi connectivity index (χ2n) is 6.43. The minimum atomic E-state index is -0.145. The Morgan fingerprint density at radius 1 is 1.26 bits per heavy atom. The Morgan fingerprint density at radius 3 is 2.93 bits per heavy atom. The summed E-state index contributed by atoms with van der Waals surface area (Å²) in [6, 6.07) is 0. The third kappa shape index (κ3) is 5.00. The Morgan fingerprint density at radius 2 is 2.07 bits per heavy atom. The quantitative estimate of drug-likeness (QED) is 0.363. The van der Waals surface area contributed by atoms with Crippen LogP contribution in [0.15, 0.2) is 54.3 Å². The number of nitrogens with zero attached hydrogens (tertiary/aromatic N) is 2. The lowest BCUT2D eigenvalue weighted by Crippen LogP contribution is -2.23. The van der Waals surface area contributed by atoms with Crippen molar-refractivity contribution >= 4 is 39.9 Å². The van der Waals surface area contributed by atoms with Crippen LogP contribution in [0.4, 0.5) is 11.4 Å². The van der Waals surface area contributed by atoms with Crippen LogP contribution < -0.4 is 15.0 Å². The average molecular weight is 477 g/mol. The Hall–Kier alpha value is -2.09. The van der Waals surface area contributed by atoms with Gasteiger partial charge in [-0.05, 0) is 29.4 Å². The zero-order chi connectivity index (χ0) is 19.1. The predicted molar refractivity (Wildman–Crippen MR) is 119 cm³/mol. The number of alkyl halides is 1. The lowest BCUT2D eigenvalue weighted by molar-refractivity contribution is -0.112. The summed E-state index contributed by atoms with van der Waals surface area (Å²) >= 11 is 2.40. The van der Waals surface area contributed by atoms with Crippen molar-refractivity contribution in [2.75, 3.05) is 34.8 Å². The molecule has 1 aromatic rings. The summed E-state index contributed by atoms with van der Waals surface area (Å²) in [6.45, 7) is 1.57. The van der Waals surface area contributed by atoms with Gasteiger partial charge in [-0.25, -0.2) is 4.98 Å². The molecule has 0 atom stereocenters. The molecule has 1 aliphatic heterocycles. The van der Waals surface area contributed by atoms with Crippen LogP contribution >= 0.6 is 22.6 Å². The number of ether oxygens (including phenoxy) is 1. The standard InChI is InChI=1S/C21H24IN3O2/c1-25(13-8-7-12-22)19-17-11-14-27-21(17)23-15-18(19)24-20(26)16-9-5-3-2-4-6-10-16/h2-6,9-10,15H,7-8,11-14H2,1H3,(H,24,26)/b3-2-,4-2?,5-3?,6-4-,9-5-,10-6?,16-9?,16-10+. The Kier molecular flexibility index (Phi) is 7.09. The molecule has 0 spiro atoms. The van der Waals surface area contributed by atoms with Gasteiger partial charge in [-0.3, -0.25) is 4.79 Å². The van der Waals surface area contributed by atoms with Crippen LogP contribution in [0.5, 0.6) is 5.88 Å². The Balaban J connectivity index is 1.85. The van der Waals surface area contributed by atoms with E-state index >= 15 is 0 Å². The Bertz CT molecular complexity index is 812. The fraction of sp³-hybridized carbons (Fsp3) is 0.333. The fourth-order valence-corrected chi connectivity index (χ4v) is 3.66. The molecule has 1 amide bonds. The minimum Gasteiger partial charge on any atom is -0.477 e. The summed E-state index contributed by atoms with van der Waals surface area (Å²) < 4.78 is 6.78. The van der Waals surface area contributed by atoms with E-state index in [0.29, 0.717) is 18.1 Å². The monoisotopic (exact) mass is 477 g/mol. The highest BCUT2D eigenvalue weighted by Gasteiger charge is 2.24. The number of carbonyl (C=O) groups is 1. The maximum absolute atomic E-state index is 12.8. The van der Waals surface area contributed by atoms with E-state index in [0.717, 1.165) is 40.8 Å². The van der Waals surface area contributed by atoms with Crippen LogP contribution in [-0.4, -0.2) is 35.5 Å². The first-order chi connectivity index (χ1) is 13.2. The number of hydrogen-bond acceptors (Lipinski definition) is 4. The van der Waals surface area contributed by atoms with Gasteiger partial charge in [0, 0.05) is 31.1 Å². The van der Waals surface area contributed by atoms with Gasteiger partial charge in [0.25, 0.3) is 5.91 Å². The molecule has 27 heavy (non-hydrogen) atoms. The number of unbranched alkanes of at least 4 members (excludes halogenated alkanes) is 1. The highest BCUT2D eigenvalue weighted by atomic mass is 127. The predicted octanol–water partition coefficient (Wildman–Crippen LogP) is 4.22. The summed E-state index contributed by atoms with van der Waals surface area (Å²) in [5.74, 6) is 0.538. The third-order valence-corrected chi connectivity index (χ3v) is 5.23. The van der Waals surface area contributed by atoms with Crippen molar-refractivity contribution in [1.29, 1.82) is 0 Å². The molecule has 6 heteroatoms. The number of halogens is 1. The second-order valence-corrected chi connectivity index (χ2v) is 7.50. The van der Waals surface area contributed by atoms with Gasteiger partial charge in [0.1, 0.15) is 0 Å². The van der Waals surface area contributed by atoms with Gasteiger partial charge in [-0.15, -0.1) is 0 Å². The molecule has 2 heterocycles. The number of allylic oxidation sites excluding steroid dienone is 6. The largest absolute Gasteiger partial charge is 0.477 e. The number of anilines is 2. The number of aromatic nitrogens is 1. The van der Waals surface area contributed by atoms with Gasteiger partial charge in [0.2, 0.25) is 5.88 Å². The minimum absolute atomic E-state index is 0.145. The number of hydrogen-bond donors (Lipinski definition) is 1. The van der Waals surface area contributed by atoms with E-state index in [9.17, 15) is 4.79 Å². The fourth-order valence-electron chi connectivity index (χ4n) is 3.12. The molecule has 3 rings (SSSR count). The average Bonchev–Trinajstić information content (AvgIpc) is 3.09. The van der Waals surface area contributed by atoms with Crippen LogP contribution in [0.2, 0.25) is 0 Å². The van der Waals surface area contributed by atoms with Gasteiger partial charge in [-0.2, -0.15) is 0 Å². The van der Waals surface area contributed by atoms with Crippen molar-refractivity contribution < 1.29 is 9.53 Å². The van der Waals surface area contributed by atoms with Crippen molar-refractivity contribution in [2.24, 2.45) is 0 Å². The third-order valence-electron chi connectivity index (χ3n) is 4.47. The molecule has 0 aromatic carbocycles. The van der Waals surface area contributed by atoms with Crippen molar-refractivity contribution in [2.45, 2.75) is 19.3 Å². The van der Waals surface area contributed by atoms with Crippen LogP contribution in [0.25, 0.3) is 0 Å². The molecule has 0 saturated carbocycles. The van der Waals surface area contributed by atoms with Crippen LogP contribution in [0.3, 0.4) is 0 Å². The van der Waals surface area contributed by atoms with Crippen LogP contribution in [0, 0.1) is 0 Å². The topological polar surface area (TPSA) is 54.5 Å². The summed E-state index contributed by atoms with van der Waals surface area (Å²) in [6.07, 6.45) is 17.9. The normalized spacial score (nSPS) is 20.3. The first kappa shape index (κ1) is 19.7. The zero-order valence-corrected chi connectivity index (χ0v) is 17.6. The SMILES string of the molecule is CN(CCCCI)c1c(NC(=O)C2=C/C=C\C=C/C=C\2)cnc2c1CCO2. The number of rotatable bonds is 7. The van der Waals surface area contributed by atoms with E-state index in [1.165, 1.54) is 6.42 Å². The number of nitrogens with one attached hydrogen (secondary N) is 1. The highest BCUT2D eigenvalue weighted by molar-refractivity contribution is 14.1.